The van der Waals surface area contributed by atoms with Gasteiger partial charge in [-0.3, -0.25) is 0 Å². The fraction of sp³-hybridized carbons (Fsp3) is 0.692. The molecule has 15 heavy (non-hydrogen) atoms. The topological polar surface area (TPSA) is 12.0 Å². The van der Waals surface area contributed by atoms with Crippen LogP contribution in [0.3, 0.4) is 0 Å². The molecule has 0 amide bonds. The molecule has 0 unspecified atom stereocenters. The van der Waals surface area contributed by atoms with E-state index >= 15 is 0 Å². The molecule has 0 radical (unpaired) electrons. The van der Waals surface area contributed by atoms with Crippen LogP contribution >= 0.6 is 11.3 Å². The Morgan fingerprint density at radius 2 is 2.07 bits per heavy atom. The van der Waals surface area contributed by atoms with Gasteiger partial charge in [0.15, 0.2) is 0 Å². The molecule has 1 rings (SSSR count). The first-order valence-electron chi connectivity index (χ1n) is 5.93. The molecule has 1 nitrogen and oxygen atoms in total. The van der Waals surface area contributed by atoms with Gasteiger partial charge in [-0.2, -0.15) is 11.3 Å². The van der Waals surface area contributed by atoms with Crippen molar-refractivity contribution in [1.82, 2.24) is 5.32 Å². The maximum atomic E-state index is 3.57. The second-order valence-electron chi connectivity index (χ2n) is 4.74. The third-order valence-electron chi connectivity index (χ3n) is 2.65. The van der Waals surface area contributed by atoms with Crippen molar-refractivity contribution in [2.45, 2.75) is 52.6 Å². The molecule has 0 aliphatic rings. The van der Waals surface area contributed by atoms with Crippen molar-refractivity contribution in [1.29, 1.82) is 0 Å². The predicted octanol–water partition coefficient (Wildman–Crippen LogP) is 4.05. The number of hydrogen-bond acceptors (Lipinski definition) is 2. The molecule has 1 atom stereocenters. The minimum atomic E-state index is 0.642. The Morgan fingerprint density at radius 1 is 1.27 bits per heavy atom. The summed E-state index contributed by atoms with van der Waals surface area (Å²) in [4.78, 5) is 0. The molecule has 0 aliphatic carbocycles. The summed E-state index contributed by atoms with van der Waals surface area (Å²) in [5.74, 6) is 0.842. The molecule has 1 heterocycles. The van der Waals surface area contributed by atoms with Crippen LogP contribution in [0.25, 0.3) is 0 Å². The van der Waals surface area contributed by atoms with Gasteiger partial charge in [-0.25, -0.2) is 0 Å². The Bertz CT molecular complexity index is 241. The summed E-state index contributed by atoms with van der Waals surface area (Å²) < 4.78 is 0. The number of rotatable bonds is 7. The number of thiophene rings is 1. The Hall–Kier alpha value is -0.340. The minimum absolute atomic E-state index is 0.642. The monoisotopic (exact) mass is 225 g/mol. The zero-order valence-corrected chi connectivity index (χ0v) is 10.9. The van der Waals surface area contributed by atoms with E-state index in [1.54, 1.807) is 11.3 Å². The van der Waals surface area contributed by atoms with Crippen LogP contribution in [-0.2, 0) is 6.54 Å². The summed E-state index contributed by atoms with van der Waals surface area (Å²) >= 11 is 1.77. The van der Waals surface area contributed by atoms with Crippen LogP contribution in [0.5, 0.6) is 0 Å². The average molecular weight is 225 g/mol. The lowest BCUT2D eigenvalue weighted by Crippen LogP contribution is -2.25. The normalized spacial score (nSPS) is 13.3. The van der Waals surface area contributed by atoms with Crippen molar-refractivity contribution in [2.75, 3.05) is 0 Å². The molecule has 2 heteroatoms. The molecular weight excluding hydrogens is 202 g/mol. The first-order chi connectivity index (χ1) is 7.18. The van der Waals surface area contributed by atoms with Gasteiger partial charge in [0.1, 0.15) is 0 Å². The highest BCUT2D eigenvalue weighted by Gasteiger charge is 2.02. The molecule has 1 aromatic heterocycles. The first kappa shape index (κ1) is 12.7. The van der Waals surface area contributed by atoms with Gasteiger partial charge >= 0.3 is 0 Å². The van der Waals surface area contributed by atoms with E-state index in [4.69, 9.17) is 0 Å². The van der Waals surface area contributed by atoms with E-state index < -0.39 is 0 Å². The highest BCUT2D eigenvalue weighted by Crippen LogP contribution is 2.09. The first-order valence-corrected chi connectivity index (χ1v) is 6.87. The molecule has 0 saturated heterocycles. The van der Waals surface area contributed by atoms with Crippen molar-refractivity contribution < 1.29 is 0 Å². The van der Waals surface area contributed by atoms with Crippen LogP contribution < -0.4 is 5.32 Å². The largest absolute Gasteiger partial charge is 0.310 e. The van der Waals surface area contributed by atoms with Gasteiger partial charge in [-0.15, -0.1) is 0 Å². The van der Waals surface area contributed by atoms with Crippen molar-refractivity contribution in [2.24, 2.45) is 5.92 Å². The minimum Gasteiger partial charge on any atom is -0.310 e. The molecule has 0 saturated carbocycles. The summed E-state index contributed by atoms with van der Waals surface area (Å²) in [5, 5.41) is 7.92. The van der Waals surface area contributed by atoms with E-state index in [0.717, 1.165) is 12.5 Å². The van der Waals surface area contributed by atoms with Gasteiger partial charge in [0, 0.05) is 12.6 Å². The van der Waals surface area contributed by atoms with E-state index in [1.165, 1.54) is 24.8 Å². The van der Waals surface area contributed by atoms with Crippen LogP contribution in [0.1, 0.15) is 45.6 Å². The Morgan fingerprint density at radius 3 is 2.67 bits per heavy atom. The predicted molar refractivity (Wildman–Crippen MR) is 69.3 cm³/mol. The molecule has 86 valence electrons. The molecule has 0 spiro atoms. The van der Waals surface area contributed by atoms with Crippen molar-refractivity contribution in [3.63, 3.8) is 0 Å². The van der Waals surface area contributed by atoms with Crippen LogP contribution in [0.15, 0.2) is 16.8 Å². The summed E-state index contributed by atoms with van der Waals surface area (Å²) in [6.45, 7) is 7.89. The lowest BCUT2D eigenvalue weighted by atomic mass is 10.0. The second kappa shape index (κ2) is 7.02. The third kappa shape index (κ3) is 5.95. The van der Waals surface area contributed by atoms with Crippen LogP contribution in [0.2, 0.25) is 0 Å². The zero-order valence-electron chi connectivity index (χ0n) is 10.1. The standard InChI is InChI=1S/C13H23NS/c1-11(2)5-4-6-12(3)14-9-13-7-8-15-10-13/h7-8,10-12,14H,4-6,9H2,1-3H3/t12-/m1/s1. The second-order valence-corrected chi connectivity index (χ2v) is 5.52. The van der Waals surface area contributed by atoms with Gasteiger partial charge in [0.2, 0.25) is 0 Å². The maximum absolute atomic E-state index is 3.57. The smallest absolute Gasteiger partial charge is 0.0216 e. The Kier molecular flexibility index (Phi) is 5.96. The lowest BCUT2D eigenvalue weighted by Gasteiger charge is -2.13. The highest BCUT2D eigenvalue weighted by atomic mass is 32.1. The quantitative estimate of drug-likeness (QED) is 0.738. The fourth-order valence-electron chi connectivity index (χ4n) is 1.62. The maximum Gasteiger partial charge on any atom is 0.0216 e. The van der Waals surface area contributed by atoms with E-state index in [1.807, 2.05) is 0 Å². The van der Waals surface area contributed by atoms with Crippen molar-refractivity contribution >= 4 is 11.3 Å². The molecule has 1 N–H and O–H groups in total. The number of hydrogen-bond donors (Lipinski definition) is 1. The molecule has 1 aromatic rings. The van der Waals surface area contributed by atoms with Gasteiger partial charge < -0.3 is 5.32 Å². The zero-order chi connectivity index (χ0) is 11.1. The van der Waals surface area contributed by atoms with Crippen molar-refractivity contribution in [3.05, 3.63) is 22.4 Å². The number of nitrogens with one attached hydrogen (secondary N) is 1. The van der Waals surface area contributed by atoms with Gasteiger partial charge in [-0.05, 0) is 41.7 Å². The Balaban J connectivity index is 2.06. The van der Waals surface area contributed by atoms with Crippen LogP contribution in [0, 0.1) is 5.92 Å². The summed E-state index contributed by atoms with van der Waals surface area (Å²) in [6.07, 6.45) is 3.99. The fourth-order valence-corrected chi connectivity index (χ4v) is 2.29. The van der Waals surface area contributed by atoms with Gasteiger partial charge in [0.25, 0.3) is 0 Å². The highest BCUT2D eigenvalue weighted by molar-refractivity contribution is 7.07. The van der Waals surface area contributed by atoms with Gasteiger partial charge in [-0.1, -0.05) is 26.7 Å². The van der Waals surface area contributed by atoms with E-state index in [0.29, 0.717) is 6.04 Å². The van der Waals surface area contributed by atoms with Crippen LogP contribution in [-0.4, -0.2) is 6.04 Å². The third-order valence-corrected chi connectivity index (χ3v) is 3.39. The average Bonchev–Trinajstić information content (AvgIpc) is 2.66. The van der Waals surface area contributed by atoms with Gasteiger partial charge in [0.05, 0.1) is 0 Å². The van der Waals surface area contributed by atoms with E-state index in [-0.39, 0.29) is 0 Å². The molecule has 0 aliphatic heterocycles. The van der Waals surface area contributed by atoms with E-state index in [9.17, 15) is 0 Å². The Labute approximate surface area is 97.9 Å². The molecule has 0 bridgehead atoms. The van der Waals surface area contributed by atoms with Crippen LogP contribution in [0.4, 0.5) is 0 Å². The van der Waals surface area contributed by atoms with E-state index in [2.05, 4.69) is 42.9 Å². The summed E-state index contributed by atoms with van der Waals surface area (Å²) in [5.41, 5.74) is 1.41. The summed E-state index contributed by atoms with van der Waals surface area (Å²) in [7, 11) is 0. The molecule has 0 aromatic carbocycles. The summed E-state index contributed by atoms with van der Waals surface area (Å²) in [6, 6.07) is 2.84. The molecular formula is C13H23NS. The van der Waals surface area contributed by atoms with Crippen molar-refractivity contribution in [3.8, 4) is 0 Å². The molecule has 0 fully saturated rings. The SMILES string of the molecule is CC(C)CCC[C@@H](C)NCc1ccsc1. The lowest BCUT2D eigenvalue weighted by molar-refractivity contribution is 0.457.